The molecule has 35 heavy (non-hydrogen) atoms. The van der Waals surface area contributed by atoms with Gasteiger partial charge in [-0.05, 0) is 60.5 Å². The van der Waals surface area contributed by atoms with Gasteiger partial charge in [0.05, 0.1) is 12.3 Å². The van der Waals surface area contributed by atoms with Gasteiger partial charge in [-0.15, -0.1) is 0 Å². The second-order valence-corrected chi connectivity index (χ2v) is 9.32. The van der Waals surface area contributed by atoms with E-state index in [1.807, 2.05) is 31.2 Å². The van der Waals surface area contributed by atoms with Gasteiger partial charge >= 0.3 is 6.03 Å². The van der Waals surface area contributed by atoms with E-state index >= 15 is 0 Å². The normalized spacial score (nSPS) is 14.9. The number of amides is 4. The van der Waals surface area contributed by atoms with Gasteiger partial charge in [-0.25, -0.2) is 9.69 Å². The number of rotatable bonds is 6. The molecular weight excluding hydrogens is 555 g/mol. The third-order valence-electron chi connectivity index (χ3n) is 5.28. The fraction of sp³-hybridized carbons (Fsp3) is 0.115. The quantitative estimate of drug-likeness (QED) is 0.273. The van der Waals surface area contributed by atoms with Gasteiger partial charge in [-0.3, -0.25) is 14.9 Å². The number of halogens is 3. The van der Waals surface area contributed by atoms with Crippen molar-refractivity contribution in [2.45, 2.75) is 13.3 Å². The molecule has 9 heteroatoms. The van der Waals surface area contributed by atoms with Crippen molar-refractivity contribution in [1.82, 2.24) is 5.32 Å². The van der Waals surface area contributed by atoms with E-state index < -0.39 is 17.8 Å². The lowest BCUT2D eigenvalue weighted by molar-refractivity contribution is -0.122. The average Bonchev–Trinajstić information content (AvgIpc) is 2.80. The summed E-state index contributed by atoms with van der Waals surface area (Å²) in [5.41, 5.74) is 2.40. The zero-order chi connectivity index (χ0) is 25.1. The van der Waals surface area contributed by atoms with Crippen LogP contribution in [0.4, 0.5) is 10.5 Å². The zero-order valence-electron chi connectivity index (χ0n) is 18.5. The smallest absolute Gasteiger partial charge is 0.335 e. The van der Waals surface area contributed by atoms with Crippen LogP contribution in [0.15, 0.2) is 70.7 Å². The van der Waals surface area contributed by atoms with Crippen LogP contribution in [0.2, 0.25) is 10.0 Å². The third-order valence-corrected chi connectivity index (χ3v) is 6.59. The number of nitrogens with zero attached hydrogens (tertiary/aromatic N) is 1. The van der Waals surface area contributed by atoms with Crippen LogP contribution in [0.25, 0.3) is 6.08 Å². The fourth-order valence-corrected chi connectivity index (χ4v) is 4.66. The molecule has 4 amide bonds. The Kier molecular flexibility index (Phi) is 7.60. The second kappa shape index (κ2) is 10.6. The molecule has 178 valence electrons. The first-order chi connectivity index (χ1) is 16.8. The highest BCUT2D eigenvalue weighted by atomic mass is 79.9. The van der Waals surface area contributed by atoms with Gasteiger partial charge in [-0.1, -0.05) is 63.4 Å². The van der Waals surface area contributed by atoms with E-state index in [4.69, 9.17) is 27.9 Å². The van der Waals surface area contributed by atoms with Gasteiger partial charge in [0.1, 0.15) is 11.3 Å². The molecule has 3 aromatic rings. The lowest BCUT2D eigenvalue weighted by Gasteiger charge is -2.26. The number of barbiturate groups is 1. The van der Waals surface area contributed by atoms with Crippen molar-refractivity contribution < 1.29 is 19.1 Å². The maximum atomic E-state index is 13.2. The summed E-state index contributed by atoms with van der Waals surface area (Å²) in [6.07, 6.45) is 1.94. The summed E-state index contributed by atoms with van der Waals surface area (Å²) >= 11 is 16.0. The number of anilines is 1. The number of hydrogen-bond donors (Lipinski definition) is 1. The first-order valence-corrected chi connectivity index (χ1v) is 12.2. The standard InChI is InChI=1S/C26H19BrCl2N2O4/c1-2-35-23-12-15(11-21(27)19(23)13-16-6-3-4-9-22(16)29)10-20-24(32)30-26(34)31(25(20)33)18-8-5-7-17(28)14-18/h3-12,14H,2,13H2,1H3,(H,30,32,34)/b20-10+. The van der Waals surface area contributed by atoms with Crippen LogP contribution in [0.5, 0.6) is 5.75 Å². The number of benzene rings is 3. The van der Waals surface area contributed by atoms with Crippen molar-refractivity contribution in [1.29, 1.82) is 0 Å². The van der Waals surface area contributed by atoms with Crippen LogP contribution in [0.1, 0.15) is 23.6 Å². The summed E-state index contributed by atoms with van der Waals surface area (Å²) in [7, 11) is 0. The molecule has 0 radical (unpaired) electrons. The van der Waals surface area contributed by atoms with Crippen molar-refractivity contribution in [3.63, 3.8) is 0 Å². The van der Waals surface area contributed by atoms with Crippen molar-refractivity contribution in [2.24, 2.45) is 0 Å². The molecule has 3 aromatic carbocycles. The Hall–Kier alpha value is -3.13. The lowest BCUT2D eigenvalue weighted by Crippen LogP contribution is -2.54. The first-order valence-electron chi connectivity index (χ1n) is 10.6. The summed E-state index contributed by atoms with van der Waals surface area (Å²) in [5.74, 6) is -0.956. The summed E-state index contributed by atoms with van der Waals surface area (Å²) in [6.45, 7) is 2.28. The predicted octanol–water partition coefficient (Wildman–Crippen LogP) is 6.41. The highest BCUT2D eigenvalue weighted by molar-refractivity contribution is 9.10. The van der Waals surface area contributed by atoms with E-state index in [-0.39, 0.29) is 11.3 Å². The van der Waals surface area contributed by atoms with Crippen molar-refractivity contribution in [3.05, 3.63) is 97.4 Å². The van der Waals surface area contributed by atoms with Gasteiger partial charge in [0.2, 0.25) is 0 Å². The molecule has 0 atom stereocenters. The molecule has 0 spiro atoms. The Balaban J connectivity index is 1.73. The molecular formula is C26H19BrCl2N2O4. The lowest BCUT2D eigenvalue weighted by atomic mass is 10.0. The van der Waals surface area contributed by atoms with Gasteiger partial charge in [0.25, 0.3) is 11.8 Å². The number of urea groups is 1. The third kappa shape index (κ3) is 5.42. The molecule has 0 aliphatic carbocycles. The number of hydrogen-bond acceptors (Lipinski definition) is 4. The highest BCUT2D eigenvalue weighted by Crippen LogP contribution is 2.34. The zero-order valence-corrected chi connectivity index (χ0v) is 21.6. The van der Waals surface area contributed by atoms with E-state index in [0.29, 0.717) is 34.4 Å². The molecule has 0 unspecified atom stereocenters. The Morgan fingerprint density at radius 1 is 1.03 bits per heavy atom. The number of nitrogens with one attached hydrogen (secondary N) is 1. The molecule has 1 N–H and O–H groups in total. The van der Waals surface area contributed by atoms with Crippen molar-refractivity contribution >= 4 is 68.7 Å². The minimum absolute atomic E-state index is 0.197. The molecule has 1 saturated heterocycles. The Bertz CT molecular complexity index is 1370. The number of ether oxygens (including phenoxy) is 1. The molecule has 1 fully saturated rings. The van der Waals surface area contributed by atoms with Crippen LogP contribution in [-0.4, -0.2) is 24.5 Å². The van der Waals surface area contributed by atoms with Gasteiger partial charge < -0.3 is 4.74 Å². The minimum atomic E-state index is -0.842. The van der Waals surface area contributed by atoms with Crippen LogP contribution in [0.3, 0.4) is 0 Å². The molecule has 6 nitrogen and oxygen atoms in total. The largest absolute Gasteiger partial charge is 0.494 e. The average molecular weight is 574 g/mol. The molecule has 1 heterocycles. The maximum absolute atomic E-state index is 13.2. The van der Waals surface area contributed by atoms with E-state index in [2.05, 4.69) is 21.2 Å². The summed E-state index contributed by atoms with van der Waals surface area (Å²) in [4.78, 5) is 39.1. The molecule has 4 rings (SSSR count). The Morgan fingerprint density at radius 2 is 1.80 bits per heavy atom. The number of imide groups is 2. The van der Waals surface area contributed by atoms with Gasteiger partial charge in [-0.2, -0.15) is 0 Å². The van der Waals surface area contributed by atoms with Crippen LogP contribution >= 0.6 is 39.1 Å². The predicted molar refractivity (Wildman–Crippen MR) is 140 cm³/mol. The summed E-state index contributed by atoms with van der Waals surface area (Å²) in [6, 6.07) is 16.5. The summed E-state index contributed by atoms with van der Waals surface area (Å²) < 4.78 is 6.59. The number of carbonyl (C=O) groups is 3. The minimum Gasteiger partial charge on any atom is -0.494 e. The van der Waals surface area contributed by atoms with Crippen molar-refractivity contribution in [2.75, 3.05) is 11.5 Å². The topological polar surface area (TPSA) is 75.7 Å². The van der Waals surface area contributed by atoms with E-state index in [0.717, 1.165) is 20.5 Å². The monoisotopic (exact) mass is 572 g/mol. The van der Waals surface area contributed by atoms with Gasteiger partial charge in [0, 0.05) is 26.5 Å². The number of carbonyl (C=O) groups excluding carboxylic acids is 3. The van der Waals surface area contributed by atoms with E-state index in [1.54, 1.807) is 30.3 Å². The SMILES string of the molecule is CCOc1cc(/C=C2\C(=O)NC(=O)N(c3cccc(Cl)c3)C2=O)cc(Br)c1Cc1ccccc1Cl. The highest BCUT2D eigenvalue weighted by Gasteiger charge is 2.37. The second-order valence-electron chi connectivity index (χ2n) is 7.62. The Labute approximate surface area is 220 Å². The molecule has 0 aromatic heterocycles. The van der Waals surface area contributed by atoms with Crippen LogP contribution < -0.4 is 15.0 Å². The molecule has 1 aliphatic heterocycles. The van der Waals surface area contributed by atoms with Crippen molar-refractivity contribution in [3.8, 4) is 5.75 Å². The van der Waals surface area contributed by atoms with Crippen LogP contribution in [0, 0.1) is 0 Å². The maximum Gasteiger partial charge on any atom is 0.335 e. The molecule has 0 bridgehead atoms. The Morgan fingerprint density at radius 3 is 2.51 bits per heavy atom. The van der Waals surface area contributed by atoms with E-state index in [9.17, 15) is 14.4 Å². The first kappa shape index (κ1) is 25.0. The van der Waals surface area contributed by atoms with Crippen LogP contribution in [-0.2, 0) is 16.0 Å². The van der Waals surface area contributed by atoms with E-state index in [1.165, 1.54) is 12.1 Å². The molecule has 1 aliphatic rings. The molecule has 0 saturated carbocycles. The van der Waals surface area contributed by atoms with Gasteiger partial charge in [0.15, 0.2) is 0 Å². The fourth-order valence-electron chi connectivity index (χ4n) is 3.68. The summed E-state index contributed by atoms with van der Waals surface area (Å²) in [5, 5.41) is 3.20.